The molecule has 0 heterocycles. The smallest absolute Gasteiger partial charge is 0.493 e. The van der Waals surface area contributed by atoms with Crippen LogP contribution in [0.3, 0.4) is 0 Å². The van der Waals surface area contributed by atoms with Gasteiger partial charge in [0.25, 0.3) is 0 Å². The van der Waals surface area contributed by atoms with E-state index in [0.717, 1.165) is 128 Å². The minimum atomic E-state index is -4.75. The molecule has 65 heavy (non-hydrogen) atoms. The number of phosphoric acid groups is 1. The summed E-state index contributed by atoms with van der Waals surface area (Å²) in [5.41, 5.74) is 5.32. The van der Waals surface area contributed by atoms with E-state index < -0.39 is 7.82 Å². The molecule has 3 aromatic rings. The molecule has 0 saturated heterocycles. The molecule has 0 amide bonds. The second-order valence-electron chi connectivity index (χ2n) is 16.6. The van der Waals surface area contributed by atoms with Crippen LogP contribution in [0.5, 0.6) is 51.7 Å². The maximum absolute atomic E-state index is 16.3. The van der Waals surface area contributed by atoms with E-state index in [4.69, 9.17) is 42.0 Å². The van der Waals surface area contributed by atoms with Crippen LogP contribution in [0.2, 0.25) is 0 Å². The minimum absolute atomic E-state index is 0.264. The van der Waals surface area contributed by atoms with Gasteiger partial charge in [-0.3, -0.25) is 0 Å². The number of aryl methyl sites for hydroxylation is 3. The third kappa shape index (κ3) is 15.9. The molecule has 0 atom stereocenters. The molecular weight excluding hydrogens is 840 g/mol. The first-order chi connectivity index (χ1) is 31.6. The lowest BCUT2D eigenvalue weighted by Crippen LogP contribution is -2.14. The fourth-order valence-corrected chi connectivity index (χ4v) is 8.74. The molecule has 3 rings (SSSR count). The van der Waals surface area contributed by atoms with Crippen molar-refractivity contribution < 1.29 is 46.6 Å². The van der Waals surface area contributed by atoms with Crippen LogP contribution in [-0.2, 0) is 43.1 Å². The van der Waals surface area contributed by atoms with E-state index in [1.807, 2.05) is 18.2 Å². The molecule has 0 fully saturated rings. The van der Waals surface area contributed by atoms with E-state index in [-0.39, 0.29) is 17.2 Å². The van der Waals surface area contributed by atoms with E-state index in [0.29, 0.717) is 95.4 Å². The van der Waals surface area contributed by atoms with Crippen LogP contribution in [0.4, 0.5) is 0 Å². The Hall–Kier alpha value is -3.91. The summed E-state index contributed by atoms with van der Waals surface area (Å²) in [5.74, 6) is 4.57. The highest BCUT2D eigenvalue weighted by atomic mass is 31.2. The molecule has 0 aliphatic rings. The minimum Gasteiger partial charge on any atom is -0.493 e. The zero-order chi connectivity index (χ0) is 47.6. The molecule has 3 aromatic carbocycles. The Morgan fingerprint density at radius 2 is 0.538 bits per heavy atom. The summed E-state index contributed by atoms with van der Waals surface area (Å²) in [5, 5.41) is 0. The van der Waals surface area contributed by atoms with Crippen LogP contribution in [0.1, 0.15) is 194 Å². The van der Waals surface area contributed by atoms with Crippen molar-refractivity contribution >= 4 is 7.82 Å². The van der Waals surface area contributed by atoms with Gasteiger partial charge >= 0.3 is 7.82 Å². The summed E-state index contributed by atoms with van der Waals surface area (Å²) >= 11 is 0. The van der Waals surface area contributed by atoms with Gasteiger partial charge in [0, 0.05) is 16.7 Å². The summed E-state index contributed by atoms with van der Waals surface area (Å²) in [6.07, 6.45) is 14.8. The third-order valence-electron chi connectivity index (χ3n) is 11.4. The number of benzene rings is 3. The Morgan fingerprint density at radius 1 is 0.323 bits per heavy atom. The second-order valence-corrected chi connectivity index (χ2v) is 18.0. The first-order valence-corrected chi connectivity index (χ1v) is 27.1. The van der Waals surface area contributed by atoms with Gasteiger partial charge in [0.15, 0.2) is 34.5 Å². The van der Waals surface area contributed by atoms with Crippen molar-refractivity contribution in [2.45, 2.75) is 199 Å². The van der Waals surface area contributed by atoms with Crippen LogP contribution in [0, 0.1) is 0 Å². The van der Waals surface area contributed by atoms with Gasteiger partial charge in [0.1, 0.15) is 17.2 Å². The van der Waals surface area contributed by atoms with Gasteiger partial charge < -0.3 is 42.0 Å². The van der Waals surface area contributed by atoms with Gasteiger partial charge in [-0.25, -0.2) is 0 Å². The zero-order valence-corrected chi connectivity index (χ0v) is 43.6. The Kier molecular flexibility index (Phi) is 25.9. The lowest BCUT2D eigenvalue weighted by molar-refractivity contribution is 0.247. The van der Waals surface area contributed by atoms with Crippen molar-refractivity contribution in [2.75, 3.05) is 39.6 Å². The normalized spacial score (nSPS) is 11.4. The Labute approximate surface area is 394 Å². The highest BCUT2D eigenvalue weighted by Gasteiger charge is 2.40. The Balaban J connectivity index is 2.50. The molecule has 11 heteroatoms. The summed E-state index contributed by atoms with van der Waals surface area (Å²) in [6.45, 7) is 28.4. The summed E-state index contributed by atoms with van der Waals surface area (Å²) in [4.78, 5) is 0. The predicted molar refractivity (Wildman–Crippen MR) is 268 cm³/mol. The molecule has 0 saturated carbocycles. The van der Waals surface area contributed by atoms with Crippen LogP contribution in [0.15, 0.2) is 18.2 Å². The van der Waals surface area contributed by atoms with Gasteiger partial charge in [-0.05, 0) is 112 Å². The molecule has 0 unspecified atom stereocenters. The SMILES string of the molecule is CCCCOc1c(CC)cc(OP(=O)(Oc2cc(CC)c(OCCCC)c(CC)c2OCCCC)Oc2cc(CC)c(OCCCC)c(CC)c2OCCCC)c(OCCCC)c1CC. The van der Waals surface area contributed by atoms with E-state index in [2.05, 4.69) is 83.1 Å². The molecule has 0 aliphatic carbocycles. The highest BCUT2D eigenvalue weighted by molar-refractivity contribution is 7.49. The average molecular weight is 927 g/mol. The summed E-state index contributed by atoms with van der Waals surface area (Å²) in [7, 11) is -4.75. The van der Waals surface area contributed by atoms with Crippen molar-refractivity contribution in [3.05, 3.63) is 51.6 Å². The van der Waals surface area contributed by atoms with Crippen molar-refractivity contribution in [2.24, 2.45) is 0 Å². The van der Waals surface area contributed by atoms with Crippen LogP contribution in [0.25, 0.3) is 0 Å². The number of unbranched alkanes of at least 4 members (excludes halogenated alkanes) is 6. The van der Waals surface area contributed by atoms with Gasteiger partial charge in [-0.2, -0.15) is 4.57 Å². The first-order valence-electron chi connectivity index (χ1n) is 25.6. The van der Waals surface area contributed by atoms with Crippen LogP contribution < -0.4 is 42.0 Å². The third-order valence-corrected chi connectivity index (χ3v) is 12.7. The van der Waals surface area contributed by atoms with E-state index in [9.17, 15) is 0 Å². The zero-order valence-electron chi connectivity index (χ0n) is 42.7. The summed E-state index contributed by atoms with van der Waals surface area (Å²) in [6, 6.07) is 5.66. The highest BCUT2D eigenvalue weighted by Crippen LogP contribution is 2.58. The van der Waals surface area contributed by atoms with Crippen LogP contribution in [-0.4, -0.2) is 39.6 Å². The molecule has 0 spiro atoms. The van der Waals surface area contributed by atoms with E-state index in [1.165, 1.54) is 0 Å². The van der Waals surface area contributed by atoms with Gasteiger partial charge in [-0.15, -0.1) is 0 Å². The maximum Gasteiger partial charge on any atom is 0.647 e. The van der Waals surface area contributed by atoms with Crippen molar-refractivity contribution in [3.63, 3.8) is 0 Å². The molecule has 368 valence electrons. The lowest BCUT2D eigenvalue weighted by atomic mass is 10.0. The standard InChI is InChI=1S/C54H87O10P/c1-13-25-31-56-49-40(19-7)37-46(52(43(49)22-10)59-34-28-16-4)62-65(55,63-47-38-41(20-8)50(57-32-26-14-2)44(23-11)53(47)60-35-29-17-5)64-48-39-42(21-9)51(58-33-27-15-3)45(24-12)54(48)61-36-30-18-6/h37-39H,13-36H2,1-12H3. The summed E-state index contributed by atoms with van der Waals surface area (Å²) < 4.78 is 76.3. The van der Waals surface area contributed by atoms with Crippen LogP contribution >= 0.6 is 7.82 Å². The number of hydrogen-bond donors (Lipinski definition) is 0. The Morgan fingerprint density at radius 3 is 0.723 bits per heavy atom. The lowest BCUT2D eigenvalue weighted by Gasteiger charge is -2.28. The van der Waals surface area contributed by atoms with Gasteiger partial charge in [-0.1, -0.05) is 122 Å². The molecule has 0 radical (unpaired) electrons. The number of rotatable bonds is 36. The maximum atomic E-state index is 16.3. The predicted octanol–water partition coefficient (Wildman–Crippen LogP) is 15.8. The average Bonchev–Trinajstić information content (AvgIpc) is 3.30. The fraction of sp³-hybridized carbons (Fsp3) is 0.667. The topological polar surface area (TPSA) is 100 Å². The first kappa shape index (κ1) is 55.4. The molecule has 0 bridgehead atoms. The molecular formula is C54H87O10P. The van der Waals surface area contributed by atoms with E-state index >= 15 is 4.57 Å². The number of phosphoric ester groups is 1. The monoisotopic (exact) mass is 927 g/mol. The largest absolute Gasteiger partial charge is 0.647 e. The number of ether oxygens (including phenoxy) is 6. The van der Waals surface area contributed by atoms with Gasteiger partial charge in [0.05, 0.1) is 39.6 Å². The molecule has 0 N–H and O–H groups in total. The second kappa shape index (κ2) is 30.4. The molecule has 10 nitrogen and oxygen atoms in total. The number of hydrogen-bond acceptors (Lipinski definition) is 10. The molecule has 0 aliphatic heterocycles. The van der Waals surface area contributed by atoms with Crippen molar-refractivity contribution in [1.29, 1.82) is 0 Å². The molecule has 0 aromatic heterocycles. The van der Waals surface area contributed by atoms with Crippen molar-refractivity contribution in [3.8, 4) is 51.7 Å². The van der Waals surface area contributed by atoms with E-state index in [1.54, 1.807) is 0 Å². The van der Waals surface area contributed by atoms with Gasteiger partial charge in [0.2, 0.25) is 0 Å². The Bertz CT molecular complexity index is 1680. The fourth-order valence-electron chi connectivity index (χ4n) is 7.50. The van der Waals surface area contributed by atoms with Crippen molar-refractivity contribution in [1.82, 2.24) is 0 Å². The quantitative estimate of drug-likeness (QED) is 0.0414.